The summed E-state index contributed by atoms with van der Waals surface area (Å²) in [5.41, 5.74) is 1.67. The van der Waals surface area contributed by atoms with Gasteiger partial charge in [0.15, 0.2) is 0 Å². The van der Waals surface area contributed by atoms with Crippen molar-refractivity contribution < 1.29 is 19.1 Å². The van der Waals surface area contributed by atoms with Crippen LogP contribution < -0.4 is 26.0 Å². The van der Waals surface area contributed by atoms with Crippen LogP contribution in [0, 0.1) is 17.2 Å². The van der Waals surface area contributed by atoms with Crippen LogP contribution in [0.5, 0.6) is 5.75 Å². The number of carbonyl (C=O) groups excluding carboxylic acids is 3. The third-order valence-corrected chi connectivity index (χ3v) is 5.97. The highest BCUT2D eigenvalue weighted by Gasteiger charge is 2.34. The number of nitrogens with zero attached hydrogens (tertiary/aromatic N) is 1. The Morgan fingerprint density at radius 2 is 2.12 bits per heavy atom. The number of hydrogen-bond acceptors (Lipinski definition) is 6. The van der Waals surface area contributed by atoms with Gasteiger partial charge in [0, 0.05) is 36.6 Å². The van der Waals surface area contributed by atoms with Crippen molar-refractivity contribution in [2.45, 2.75) is 48.6 Å². The summed E-state index contributed by atoms with van der Waals surface area (Å²) in [4.78, 5) is 36.6. The van der Waals surface area contributed by atoms with Gasteiger partial charge in [-0.1, -0.05) is 6.07 Å². The molecule has 1 unspecified atom stereocenters. The number of benzene rings is 1. The highest BCUT2D eigenvalue weighted by molar-refractivity contribution is 6.44. The van der Waals surface area contributed by atoms with Gasteiger partial charge in [-0.2, -0.15) is 5.26 Å². The summed E-state index contributed by atoms with van der Waals surface area (Å²) >= 11 is 11.8. The Labute approximate surface area is 196 Å². The van der Waals surface area contributed by atoms with E-state index in [0.29, 0.717) is 25.1 Å². The van der Waals surface area contributed by atoms with Crippen LogP contribution in [0.4, 0.5) is 5.69 Å². The molecule has 2 aliphatic rings. The van der Waals surface area contributed by atoms with Crippen LogP contribution in [-0.2, 0) is 20.8 Å². The van der Waals surface area contributed by atoms with Crippen molar-refractivity contribution in [1.29, 1.82) is 5.26 Å². The van der Waals surface area contributed by atoms with E-state index in [9.17, 15) is 19.6 Å². The number of nitriles is 1. The Hall–Kier alpha value is -2.70. The molecule has 0 saturated carbocycles. The smallest absolute Gasteiger partial charge is 0.243 e. The van der Waals surface area contributed by atoms with E-state index in [4.69, 9.17) is 27.9 Å². The van der Waals surface area contributed by atoms with Crippen LogP contribution in [0.2, 0.25) is 0 Å². The maximum atomic E-state index is 12.9. The molecule has 11 heteroatoms. The summed E-state index contributed by atoms with van der Waals surface area (Å²) in [5, 5.41) is 20.5. The number of halogens is 2. The molecule has 3 rings (SSSR count). The van der Waals surface area contributed by atoms with Crippen LogP contribution >= 0.6 is 23.2 Å². The lowest BCUT2D eigenvalue weighted by atomic mass is 9.98. The highest BCUT2D eigenvalue weighted by atomic mass is 35.5. The molecule has 0 spiro atoms. The number of ether oxygens (including phenoxy) is 1. The number of rotatable bonds is 9. The standard InChI is InChI=1S/C21H25Cl2N5O4/c1-32-17-4-2-3-14-13(17)8-15(27-14)21(31)28-16(9-18(22)23)20(30)26-12(10-24)7-11-5-6-25-19(11)29/h2-4,11-12,15-16,18,27H,5-9H2,1H3,(H,25,29)(H,26,30)(H,28,31)/t11-,12-,15?,16-/m0/s1. The second kappa shape index (κ2) is 10.7. The van der Waals surface area contributed by atoms with E-state index in [1.807, 2.05) is 24.3 Å². The number of nitrogens with one attached hydrogen (secondary N) is 4. The summed E-state index contributed by atoms with van der Waals surface area (Å²) in [6.45, 7) is 0.552. The average Bonchev–Trinajstić information content (AvgIpc) is 3.38. The van der Waals surface area contributed by atoms with Crippen LogP contribution in [0.15, 0.2) is 18.2 Å². The molecule has 0 radical (unpaired) electrons. The quantitative estimate of drug-likeness (QED) is 0.392. The van der Waals surface area contributed by atoms with E-state index >= 15 is 0 Å². The maximum Gasteiger partial charge on any atom is 0.243 e. The van der Waals surface area contributed by atoms with E-state index in [2.05, 4.69) is 21.3 Å². The summed E-state index contributed by atoms with van der Waals surface area (Å²) in [5.74, 6) is -0.774. The van der Waals surface area contributed by atoms with Gasteiger partial charge >= 0.3 is 0 Å². The fourth-order valence-corrected chi connectivity index (χ4v) is 4.31. The first-order chi connectivity index (χ1) is 15.3. The minimum atomic E-state index is -1.04. The van der Waals surface area contributed by atoms with Gasteiger partial charge in [0.05, 0.1) is 13.2 Å². The predicted molar refractivity (Wildman–Crippen MR) is 119 cm³/mol. The zero-order chi connectivity index (χ0) is 23.3. The van der Waals surface area contributed by atoms with E-state index in [0.717, 1.165) is 11.3 Å². The average molecular weight is 482 g/mol. The lowest BCUT2D eigenvalue weighted by Crippen LogP contribution is -2.53. The number of carbonyl (C=O) groups is 3. The summed E-state index contributed by atoms with van der Waals surface area (Å²) in [6.07, 6.45) is 1.16. The first-order valence-corrected chi connectivity index (χ1v) is 11.2. The minimum absolute atomic E-state index is 0.0360. The van der Waals surface area contributed by atoms with Gasteiger partial charge in [-0.25, -0.2) is 0 Å². The molecule has 0 aliphatic carbocycles. The zero-order valence-corrected chi connectivity index (χ0v) is 19.0. The predicted octanol–water partition coefficient (Wildman–Crippen LogP) is 1.24. The van der Waals surface area contributed by atoms with Crippen molar-refractivity contribution in [3.05, 3.63) is 23.8 Å². The highest BCUT2D eigenvalue weighted by Crippen LogP contribution is 2.33. The molecule has 9 nitrogen and oxygen atoms in total. The molecule has 2 heterocycles. The fraction of sp³-hybridized carbons (Fsp3) is 0.524. The second-order valence-electron chi connectivity index (χ2n) is 7.78. The van der Waals surface area contributed by atoms with Crippen molar-refractivity contribution in [3.8, 4) is 11.8 Å². The summed E-state index contributed by atoms with van der Waals surface area (Å²) in [7, 11) is 1.56. The molecule has 0 aromatic heterocycles. The van der Waals surface area contributed by atoms with Crippen LogP contribution in [0.25, 0.3) is 0 Å². The second-order valence-corrected chi connectivity index (χ2v) is 9.06. The van der Waals surface area contributed by atoms with Gasteiger partial charge in [0.1, 0.15) is 28.7 Å². The van der Waals surface area contributed by atoms with E-state index in [1.165, 1.54) is 0 Å². The lowest BCUT2D eigenvalue weighted by Gasteiger charge is -2.23. The zero-order valence-electron chi connectivity index (χ0n) is 17.5. The van der Waals surface area contributed by atoms with Crippen molar-refractivity contribution in [2.24, 2.45) is 5.92 Å². The molecule has 1 aromatic carbocycles. The van der Waals surface area contributed by atoms with E-state index in [-0.39, 0.29) is 24.7 Å². The van der Waals surface area contributed by atoms with Gasteiger partial charge in [-0.05, 0) is 25.0 Å². The number of alkyl halides is 2. The third-order valence-electron chi connectivity index (χ3n) is 5.61. The van der Waals surface area contributed by atoms with Crippen molar-refractivity contribution in [1.82, 2.24) is 16.0 Å². The number of hydrogen-bond donors (Lipinski definition) is 4. The molecular weight excluding hydrogens is 457 g/mol. The van der Waals surface area contributed by atoms with Gasteiger partial charge in [-0.3, -0.25) is 14.4 Å². The molecule has 1 fully saturated rings. The van der Waals surface area contributed by atoms with Crippen LogP contribution in [0.1, 0.15) is 24.8 Å². The molecule has 32 heavy (non-hydrogen) atoms. The van der Waals surface area contributed by atoms with Crippen molar-refractivity contribution in [2.75, 3.05) is 19.0 Å². The fourth-order valence-electron chi connectivity index (χ4n) is 3.96. The Morgan fingerprint density at radius 1 is 1.34 bits per heavy atom. The molecule has 1 aromatic rings. The molecule has 3 amide bonds. The maximum absolute atomic E-state index is 12.9. The Kier molecular flexibility index (Phi) is 8.04. The topological polar surface area (TPSA) is 132 Å². The first-order valence-electron chi connectivity index (χ1n) is 10.3. The van der Waals surface area contributed by atoms with E-state index in [1.54, 1.807) is 7.11 Å². The van der Waals surface area contributed by atoms with Crippen molar-refractivity contribution >= 4 is 46.6 Å². The van der Waals surface area contributed by atoms with Crippen LogP contribution in [-0.4, -0.2) is 54.3 Å². The van der Waals surface area contributed by atoms with Gasteiger partial charge in [-0.15, -0.1) is 23.2 Å². The van der Waals surface area contributed by atoms with Gasteiger partial charge in [0.2, 0.25) is 17.7 Å². The molecule has 172 valence electrons. The number of anilines is 1. The third kappa shape index (κ3) is 5.75. The summed E-state index contributed by atoms with van der Waals surface area (Å²) < 4.78 is 5.35. The monoisotopic (exact) mass is 481 g/mol. The minimum Gasteiger partial charge on any atom is -0.496 e. The normalized spacial score (nSPS) is 21.0. The van der Waals surface area contributed by atoms with E-state index < -0.39 is 34.8 Å². The SMILES string of the molecule is COc1cccc2c1CC(C(=O)N[C@@H](CC(Cl)Cl)C(=O)N[C@H](C#N)C[C@@H]1CCNC1=O)N2. The Morgan fingerprint density at radius 3 is 2.75 bits per heavy atom. The Bertz CT molecular complexity index is 920. The first kappa shape index (κ1) is 24.0. The lowest BCUT2D eigenvalue weighted by molar-refractivity contribution is -0.129. The summed E-state index contributed by atoms with van der Waals surface area (Å²) in [6, 6.07) is 4.97. The molecular formula is C21H25Cl2N5O4. The van der Waals surface area contributed by atoms with Gasteiger partial charge < -0.3 is 26.0 Å². The van der Waals surface area contributed by atoms with Crippen LogP contribution in [0.3, 0.4) is 0 Å². The van der Waals surface area contributed by atoms with Crippen molar-refractivity contribution in [3.63, 3.8) is 0 Å². The molecule has 0 bridgehead atoms. The molecule has 1 saturated heterocycles. The number of methoxy groups -OCH3 is 1. The Balaban J connectivity index is 1.63. The largest absolute Gasteiger partial charge is 0.496 e. The molecule has 2 aliphatic heterocycles. The molecule has 4 atom stereocenters. The molecule has 4 N–H and O–H groups in total. The van der Waals surface area contributed by atoms with Gasteiger partial charge in [0.25, 0.3) is 0 Å². The number of fused-ring (bicyclic) bond motifs is 1. The number of amides is 3.